The van der Waals surface area contributed by atoms with Crippen LogP contribution in [0.2, 0.25) is 0 Å². The van der Waals surface area contributed by atoms with Gasteiger partial charge < -0.3 is 14.8 Å². The SMILES string of the molecule is COc1ccc(C2C=C(C)NC(C)=C2)cc1OC. The van der Waals surface area contributed by atoms with Crippen LogP contribution in [0.25, 0.3) is 0 Å². The Balaban J connectivity index is 2.36. The predicted molar refractivity (Wildman–Crippen MR) is 72.9 cm³/mol. The molecular formula is C15H19NO2. The van der Waals surface area contributed by atoms with E-state index < -0.39 is 0 Å². The molecule has 1 N–H and O–H groups in total. The Morgan fingerprint density at radius 3 is 2.11 bits per heavy atom. The zero-order valence-electron chi connectivity index (χ0n) is 11.3. The van der Waals surface area contributed by atoms with Crippen LogP contribution in [-0.2, 0) is 0 Å². The summed E-state index contributed by atoms with van der Waals surface area (Å²) in [5.41, 5.74) is 3.55. The van der Waals surface area contributed by atoms with Crippen molar-refractivity contribution in [2.75, 3.05) is 14.2 Å². The molecule has 1 heterocycles. The van der Waals surface area contributed by atoms with E-state index in [0.717, 1.165) is 11.5 Å². The fourth-order valence-electron chi connectivity index (χ4n) is 2.23. The number of ether oxygens (including phenoxy) is 2. The van der Waals surface area contributed by atoms with Gasteiger partial charge in [-0.05, 0) is 31.5 Å². The van der Waals surface area contributed by atoms with Crippen molar-refractivity contribution in [3.8, 4) is 11.5 Å². The number of dihydropyridines is 1. The van der Waals surface area contributed by atoms with Crippen LogP contribution >= 0.6 is 0 Å². The average molecular weight is 245 g/mol. The summed E-state index contributed by atoms with van der Waals surface area (Å²) < 4.78 is 10.6. The van der Waals surface area contributed by atoms with Crippen LogP contribution < -0.4 is 14.8 Å². The van der Waals surface area contributed by atoms with Crippen LogP contribution in [0.5, 0.6) is 11.5 Å². The molecule has 1 aliphatic heterocycles. The second kappa shape index (κ2) is 5.17. The summed E-state index contributed by atoms with van der Waals surface area (Å²) in [5, 5.41) is 3.30. The van der Waals surface area contributed by atoms with Crippen molar-refractivity contribution >= 4 is 0 Å². The normalized spacial score (nSPS) is 15.6. The van der Waals surface area contributed by atoms with Gasteiger partial charge in [-0.1, -0.05) is 18.2 Å². The molecular weight excluding hydrogens is 226 g/mol. The van der Waals surface area contributed by atoms with Crippen molar-refractivity contribution in [1.29, 1.82) is 0 Å². The number of allylic oxidation sites excluding steroid dienone is 4. The molecule has 0 bridgehead atoms. The molecule has 1 aromatic carbocycles. The second-order valence-corrected chi connectivity index (χ2v) is 4.46. The molecule has 2 rings (SSSR count). The summed E-state index contributed by atoms with van der Waals surface area (Å²) >= 11 is 0. The predicted octanol–water partition coefficient (Wildman–Crippen LogP) is 3.20. The van der Waals surface area contributed by atoms with Gasteiger partial charge in [-0.2, -0.15) is 0 Å². The fraction of sp³-hybridized carbons (Fsp3) is 0.333. The Kier molecular flexibility index (Phi) is 3.60. The number of benzene rings is 1. The number of methoxy groups -OCH3 is 2. The van der Waals surface area contributed by atoms with E-state index in [0.29, 0.717) is 0 Å². The zero-order valence-corrected chi connectivity index (χ0v) is 11.3. The Bertz CT molecular complexity index is 485. The van der Waals surface area contributed by atoms with Crippen LogP contribution in [-0.4, -0.2) is 14.2 Å². The molecule has 0 atom stereocenters. The Hall–Kier alpha value is -1.90. The van der Waals surface area contributed by atoms with Gasteiger partial charge in [0, 0.05) is 17.3 Å². The number of hydrogen-bond donors (Lipinski definition) is 1. The summed E-state index contributed by atoms with van der Waals surface area (Å²) in [6.07, 6.45) is 4.41. The summed E-state index contributed by atoms with van der Waals surface area (Å²) in [6.45, 7) is 4.15. The lowest BCUT2D eigenvalue weighted by molar-refractivity contribution is 0.354. The van der Waals surface area contributed by atoms with Crippen LogP contribution in [0.1, 0.15) is 25.3 Å². The topological polar surface area (TPSA) is 30.5 Å². The highest BCUT2D eigenvalue weighted by Crippen LogP contribution is 2.33. The fourth-order valence-corrected chi connectivity index (χ4v) is 2.23. The molecule has 1 aliphatic rings. The highest BCUT2D eigenvalue weighted by atomic mass is 16.5. The molecule has 0 fully saturated rings. The molecule has 0 unspecified atom stereocenters. The van der Waals surface area contributed by atoms with Gasteiger partial charge in [0.05, 0.1) is 14.2 Å². The van der Waals surface area contributed by atoms with Gasteiger partial charge in [-0.15, -0.1) is 0 Å². The van der Waals surface area contributed by atoms with E-state index in [2.05, 4.69) is 37.4 Å². The number of rotatable bonds is 3. The third kappa shape index (κ3) is 2.50. The molecule has 1 aromatic rings. The van der Waals surface area contributed by atoms with Gasteiger partial charge in [-0.3, -0.25) is 0 Å². The first-order valence-electron chi connectivity index (χ1n) is 6.00. The van der Waals surface area contributed by atoms with Gasteiger partial charge in [0.2, 0.25) is 0 Å². The zero-order chi connectivity index (χ0) is 13.1. The lowest BCUT2D eigenvalue weighted by Gasteiger charge is -2.20. The third-order valence-electron chi connectivity index (χ3n) is 3.05. The standard InChI is InChI=1S/C15H19NO2/c1-10-7-13(8-11(2)16-10)12-5-6-14(17-3)15(9-12)18-4/h5-9,13,16H,1-4H3. The lowest BCUT2D eigenvalue weighted by Crippen LogP contribution is -2.14. The minimum Gasteiger partial charge on any atom is -0.493 e. The Morgan fingerprint density at radius 2 is 1.56 bits per heavy atom. The molecule has 0 radical (unpaired) electrons. The van der Waals surface area contributed by atoms with Crippen molar-refractivity contribution in [3.05, 3.63) is 47.3 Å². The van der Waals surface area contributed by atoms with E-state index >= 15 is 0 Å². The smallest absolute Gasteiger partial charge is 0.161 e. The molecule has 3 heteroatoms. The van der Waals surface area contributed by atoms with Crippen LogP contribution in [0.15, 0.2) is 41.7 Å². The number of hydrogen-bond acceptors (Lipinski definition) is 3. The Labute approximate surface area is 108 Å². The molecule has 0 saturated carbocycles. The number of nitrogens with one attached hydrogen (secondary N) is 1. The largest absolute Gasteiger partial charge is 0.493 e. The van der Waals surface area contributed by atoms with Gasteiger partial charge >= 0.3 is 0 Å². The molecule has 96 valence electrons. The first kappa shape index (κ1) is 12.6. The highest BCUT2D eigenvalue weighted by molar-refractivity contribution is 5.46. The summed E-state index contributed by atoms with van der Waals surface area (Å²) in [7, 11) is 3.31. The molecule has 0 saturated heterocycles. The van der Waals surface area contributed by atoms with Crippen molar-refractivity contribution in [2.24, 2.45) is 0 Å². The summed E-state index contributed by atoms with van der Waals surface area (Å²) in [5.74, 6) is 1.81. The van der Waals surface area contributed by atoms with Crippen molar-refractivity contribution < 1.29 is 9.47 Å². The molecule has 3 nitrogen and oxygen atoms in total. The van der Waals surface area contributed by atoms with E-state index in [1.165, 1.54) is 17.0 Å². The summed E-state index contributed by atoms with van der Waals surface area (Å²) in [4.78, 5) is 0. The second-order valence-electron chi connectivity index (χ2n) is 4.46. The minimum atomic E-state index is 0.283. The van der Waals surface area contributed by atoms with E-state index in [1.54, 1.807) is 14.2 Å². The quantitative estimate of drug-likeness (QED) is 0.887. The van der Waals surface area contributed by atoms with E-state index in [4.69, 9.17) is 9.47 Å². The van der Waals surface area contributed by atoms with Crippen molar-refractivity contribution in [1.82, 2.24) is 5.32 Å². The third-order valence-corrected chi connectivity index (χ3v) is 3.05. The van der Waals surface area contributed by atoms with Gasteiger partial charge in [0.25, 0.3) is 0 Å². The average Bonchev–Trinajstić information content (AvgIpc) is 2.36. The van der Waals surface area contributed by atoms with Crippen LogP contribution in [0, 0.1) is 0 Å². The van der Waals surface area contributed by atoms with Gasteiger partial charge in [-0.25, -0.2) is 0 Å². The van der Waals surface area contributed by atoms with Crippen LogP contribution in [0.4, 0.5) is 0 Å². The lowest BCUT2D eigenvalue weighted by atomic mass is 9.94. The van der Waals surface area contributed by atoms with E-state index in [1.807, 2.05) is 12.1 Å². The first-order valence-corrected chi connectivity index (χ1v) is 6.00. The van der Waals surface area contributed by atoms with Gasteiger partial charge in [0.1, 0.15) is 0 Å². The van der Waals surface area contributed by atoms with Crippen molar-refractivity contribution in [3.63, 3.8) is 0 Å². The maximum absolute atomic E-state index is 5.34. The van der Waals surface area contributed by atoms with Crippen molar-refractivity contribution in [2.45, 2.75) is 19.8 Å². The molecule has 18 heavy (non-hydrogen) atoms. The first-order chi connectivity index (χ1) is 8.63. The molecule has 0 spiro atoms. The molecule has 0 amide bonds. The van der Waals surface area contributed by atoms with E-state index in [9.17, 15) is 0 Å². The minimum absolute atomic E-state index is 0.283. The highest BCUT2D eigenvalue weighted by Gasteiger charge is 2.14. The monoisotopic (exact) mass is 245 g/mol. The maximum atomic E-state index is 5.34. The van der Waals surface area contributed by atoms with E-state index in [-0.39, 0.29) is 5.92 Å². The molecule has 0 aromatic heterocycles. The Morgan fingerprint density at radius 1 is 0.944 bits per heavy atom. The van der Waals surface area contributed by atoms with Gasteiger partial charge in [0.15, 0.2) is 11.5 Å². The summed E-state index contributed by atoms with van der Waals surface area (Å²) in [6, 6.07) is 6.05. The van der Waals surface area contributed by atoms with Crippen LogP contribution in [0.3, 0.4) is 0 Å². The molecule has 0 aliphatic carbocycles. The maximum Gasteiger partial charge on any atom is 0.161 e.